The van der Waals surface area contributed by atoms with Crippen molar-refractivity contribution in [3.63, 3.8) is 0 Å². The van der Waals surface area contributed by atoms with Crippen LogP contribution in [0.25, 0.3) is 0 Å². The van der Waals surface area contributed by atoms with Crippen molar-refractivity contribution in [1.82, 2.24) is 5.32 Å². The first kappa shape index (κ1) is 16.3. The van der Waals surface area contributed by atoms with Crippen LogP contribution in [0.15, 0.2) is 18.2 Å². The molecule has 19 heavy (non-hydrogen) atoms. The Morgan fingerprint density at radius 3 is 2.53 bits per heavy atom. The van der Waals surface area contributed by atoms with Crippen LogP contribution in [0.1, 0.15) is 39.3 Å². The van der Waals surface area contributed by atoms with Crippen LogP contribution in [-0.2, 0) is 4.74 Å². The van der Waals surface area contributed by atoms with E-state index < -0.39 is 0 Å². The van der Waals surface area contributed by atoms with Gasteiger partial charge in [-0.2, -0.15) is 0 Å². The molecule has 0 heterocycles. The molecule has 0 fully saturated rings. The highest BCUT2D eigenvalue weighted by molar-refractivity contribution is 6.30. The minimum absolute atomic E-state index is 0.0195. The zero-order valence-electron chi connectivity index (χ0n) is 12.4. The van der Waals surface area contributed by atoms with Gasteiger partial charge in [0.1, 0.15) is 5.75 Å². The van der Waals surface area contributed by atoms with E-state index in [9.17, 15) is 0 Å². The van der Waals surface area contributed by atoms with Crippen LogP contribution in [0, 0.1) is 0 Å². The summed E-state index contributed by atoms with van der Waals surface area (Å²) in [5.41, 5.74) is 0.679. The van der Waals surface area contributed by atoms with E-state index in [-0.39, 0.29) is 11.6 Å². The molecule has 0 aliphatic heterocycles. The van der Waals surface area contributed by atoms with E-state index in [1.54, 1.807) is 7.11 Å². The number of likely N-dealkylation sites (N-methyl/N-ethyl adjacent to an activating group) is 1. The van der Waals surface area contributed by atoms with Crippen molar-refractivity contribution in [2.24, 2.45) is 0 Å². The summed E-state index contributed by atoms with van der Waals surface area (Å²) in [4.78, 5) is 0. The molecular formula is C15H24ClNO2. The summed E-state index contributed by atoms with van der Waals surface area (Å²) in [7, 11) is 1.67. The van der Waals surface area contributed by atoms with Crippen LogP contribution in [0.2, 0.25) is 5.02 Å². The average Bonchev–Trinajstić information content (AvgIpc) is 2.35. The molecule has 108 valence electrons. The summed E-state index contributed by atoms with van der Waals surface area (Å²) in [6, 6.07) is 5.69. The molecule has 0 radical (unpaired) electrons. The third-order valence-electron chi connectivity index (χ3n) is 3.12. The quantitative estimate of drug-likeness (QED) is 0.826. The molecule has 0 amide bonds. The maximum absolute atomic E-state index is 6.12. The SMILES string of the molecule is CCNC(c1cc(Cl)ccc1OC)C(C)(C)OCC. The Kier molecular flexibility index (Phi) is 6.11. The van der Waals surface area contributed by atoms with Gasteiger partial charge in [0.15, 0.2) is 0 Å². The summed E-state index contributed by atoms with van der Waals surface area (Å²) < 4.78 is 11.3. The van der Waals surface area contributed by atoms with Crippen LogP contribution < -0.4 is 10.1 Å². The molecule has 0 spiro atoms. The molecule has 1 atom stereocenters. The highest BCUT2D eigenvalue weighted by Gasteiger charge is 2.32. The number of hydrogen-bond acceptors (Lipinski definition) is 3. The number of nitrogens with one attached hydrogen (secondary N) is 1. The van der Waals surface area contributed by atoms with E-state index in [4.69, 9.17) is 21.1 Å². The van der Waals surface area contributed by atoms with Crippen molar-refractivity contribution in [2.45, 2.75) is 39.3 Å². The van der Waals surface area contributed by atoms with Crippen molar-refractivity contribution in [2.75, 3.05) is 20.3 Å². The van der Waals surface area contributed by atoms with Gasteiger partial charge in [0.2, 0.25) is 0 Å². The number of rotatable bonds is 7. The van der Waals surface area contributed by atoms with Gasteiger partial charge in [-0.15, -0.1) is 0 Å². The van der Waals surface area contributed by atoms with Crippen molar-refractivity contribution < 1.29 is 9.47 Å². The van der Waals surface area contributed by atoms with E-state index >= 15 is 0 Å². The first-order valence-electron chi connectivity index (χ1n) is 6.67. The summed E-state index contributed by atoms with van der Waals surface area (Å²) in [6.07, 6.45) is 0. The Bertz CT molecular complexity index is 407. The molecule has 0 aliphatic carbocycles. The Morgan fingerprint density at radius 2 is 2.00 bits per heavy atom. The summed E-state index contributed by atoms with van der Waals surface area (Å²) in [6.45, 7) is 9.73. The molecule has 1 unspecified atom stereocenters. The fourth-order valence-electron chi connectivity index (χ4n) is 2.32. The molecule has 0 aliphatic rings. The molecule has 3 nitrogen and oxygen atoms in total. The summed E-state index contributed by atoms with van der Waals surface area (Å²) >= 11 is 6.12. The average molecular weight is 286 g/mol. The number of hydrogen-bond donors (Lipinski definition) is 1. The number of methoxy groups -OCH3 is 1. The smallest absolute Gasteiger partial charge is 0.123 e. The zero-order valence-corrected chi connectivity index (χ0v) is 13.2. The Morgan fingerprint density at radius 1 is 1.32 bits per heavy atom. The predicted octanol–water partition coefficient (Wildman–Crippen LogP) is 3.81. The van der Waals surface area contributed by atoms with Gasteiger partial charge in [0, 0.05) is 17.2 Å². The molecule has 4 heteroatoms. The van der Waals surface area contributed by atoms with Gasteiger partial charge in [-0.1, -0.05) is 18.5 Å². The van der Waals surface area contributed by atoms with Gasteiger partial charge >= 0.3 is 0 Å². The normalized spacial score (nSPS) is 13.4. The fraction of sp³-hybridized carbons (Fsp3) is 0.600. The third kappa shape index (κ3) is 4.10. The Balaban J connectivity index is 3.21. The highest BCUT2D eigenvalue weighted by atomic mass is 35.5. The molecule has 1 rings (SSSR count). The molecule has 1 N–H and O–H groups in total. The van der Waals surface area contributed by atoms with Gasteiger partial charge < -0.3 is 14.8 Å². The Hall–Kier alpha value is -0.770. The number of halogens is 1. The maximum Gasteiger partial charge on any atom is 0.123 e. The van der Waals surface area contributed by atoms with E-state index in [0.717, 1.165) is 17.9 Å². The second-order valence-electron chi connectivity index (χ2n) is 4.91. The second kappa shape index (κ2) is 7.13. The lowest BCUT2D eigenvalue weighted by Gasteiger charge is -2.35. The van der Waals surface area contributed by atoms with Crippen LogP contribution in [0.4, 0.5) is 0 Å². The molecule has 1 aromatic carbocycles. The van der Waals surface area contributed by atoms with E-state index in [1.807, 2.05) is 25.1 Å². The zero-order chi connectivity index (χ0) is 14.5. The Labute approximate surface area is 121 Å². The topological polar surface area (TPSA) is 30.5 Å². The van der Waals surface area contributed by atoms with Crippen molar-refractivity contribution in [3.8, 4) is 5.75 Å². The fourth-order valence-corrected chi connectivity index (χ4v) is 2.50. The third-order valence-corrected chi connectivity index (χ3v) is 3.36. The van der Waals surface area contributed by atoms with Crippen LogP contribution >= 0.6 is 11.6 Å². The molecular weight excluding hydrogens is 262 g/mol. The van der Waals surface area contributed by atoms with Crippen molar-refractivity contribution >= 4 is 11.6 Å². The van der Waals surface area contributed by atoms with Crippen molar-refractivity contribution in [1.29, 1.82) is 0 Å². The van der Waals surface area contributed by atoms with E-state index in [1.165, 1.54) is 0 Å². The first-order valence-corrected chi connectivity index (χ1v) is 7.04. The van der Waals surface area contributed by atoms with Crippen LogP contribution in [0.3, 0.4) is 0 Å². The molecule has 0 bridgehead atoms. The number of benzene rings is 1. The van der Waals surface area contributed by atoms with E-state index in [2.05, 4.69) is 26.1 Å². The lowest BCUT2D eigenvalue weighted by atomic mass is 9.90. The largest absolute Gasteiger partial charge is 0.496 e. The first-order chi connectivity index (χ1) is 8.96. The van der Waals surface area contributed by atoms with Gasteiger partial charge in [0.05, 0.1) is 18.8 Å². The van der Waals surface area contributed by atoms with Gasteiger partial charge in [-0.25, -0.2) is 0 Å². The molecule has 0 saturated heterocycles. The molecule has 0 saturated carbocycles. The van der Waals surface area contributed by atoms with Crippen LogP contribution in [-0.4, -0.2) is 25.9 Å². The minimum Gasteiger partial charge on any atom is -0.496 e. The van der Waals surface area contributed by atoms with Gasteiger partial charge in [-0.05, 0) is 45.5 Å². The monoisotopic (exact) mass is 285 g/mol. The standard InChI is InChI=1S/C15H24ClNO2/c1-6-17-14(15(3,4)19-7-2)12-10-11(16)8-9-13(12)18-5/h8-10,14,17H,6-7H2,1-5H3. The van der Waals surface area contributed by atoms with E-state index in [0.29, 0.717) is 11.6 Å². The van der Waals surface area contributed by atoms with Gasteiger partial charge in [0.25, 0.3) is 0 Å². The van der Waals surface area contributed by atoms with Crippen molar-refractivity contribution in [3.05, 3.63) is 28.8 Å². The predicted molar refractivity (Wildman–Crippen MR) is 80.1 cm³/mol. The van der Waals surface area contributed by atoms with Crippen LogP contribution in [0.5, 0.6) is 5.75 Å². The highest BCUT2D eigenvalue weighted by Crippen LogP contribution is 2.36. The minimum atomic E-state index is -0.345. The molecule has 1 aromatic rings. The summed E-state index contributed by atoms with van der Waals surface area (Å²) in [5.74, 6) is 0.822. The molecule has 0 aromatic heterocycles. The second-order valence-corrected chi connectivity index (χ2v) is 5.35. The maximum atomic E-state index is 6.12. The lowest BCUT2D eigenvalue weighted by Crippen LogP contribution is -2.41. The summed E-state index contributed by atoms with van der Waals surface area (Å²) in [5, 5.41) is 4.16. The van der Waals surface area contributed by atoms with Gasteiger partial charge in [-0.3, -0.25) is 0 Å². The number of ether oxygens (including phenoxy) is 2. The lowest BCUT2D eigenvalue weighted by molar-refractivity contribution is -0.0393.